The van der Waals surface area contributed by atoms with E-state index in [0.717, 1.165) is 17.0 Å². The Morgan fingerprint density at radius 2 is 1.42 bits per heavy atom. The van der Waals surface area contributed by atoms with Crippen molar-refractivity contribution in [3.8, 4) is 11.5 Å². The molecule has 31 heavy (non-hydrogen) atoms. The van der Waals surface area contributed by atoms with Crippen LogP contribution < -0.4 is 15.4 Å². The number of nitro groups is 1. The van der Waals surface area contributed by atoms with Crippen molar-refractivity contribution in [2.75, 3.05) is 10.6 Å². The van der Waals surface area contributed by atoms with Crippen molar-refractivity contribution in [2.45, 2.75) is 6.92 Å². The number of aryl methyl sites for hydroxylation is 1. The van der Waals surface area contributed by atoms with E-state index in [-0.39, 0.29) is 17.3 Å². The molecule has 1 heterocycles. The molecule has 0 atom stereocenters. The summed E-state index contributed by atoms with van der Waals surface area (Å²) in [5.41, 5.74) is 2.07. The van der Waals surface area contributed by atoms with Crippen LogP contribution in [0.4, 0.5) is 28.7 Å². The maximum absolute atomic E-state index is 11.8. The zero-order chi connectivity index (χ0) is 21.6. The molecule has 3 aromatic carbocycles. The highest BCUT2D eigenvalue weighted by Crippen LogP contribution is 2.34. The minimum Gasteiger partial charge on any atom is -0.457 e. The number of anilines is 4. The van der Waals surface area contributed by atoms with Gasteiger partial charge in [0.1, 0.15) is 17.8 Å². The van der Waals surface area contributed by atoms with Crippen LogP contribution in [0, 0.1) is 17.0 Å². The van der Waals surface area contributed by atoms with Crippen LogP contribution in [0.2, 0.25) is 0 Å². The molecular formula is C23H19N5O3. The molecule has 4 aromatic rings. The van der Waals surface area contributed by atoms with Crippen LogP contribution in [-0.4, -0.2) is 14.9 Å². The third-order valence-electron chi connectivity index (χ3n) is 4.50. The molecule has 0 spiro atoms. The second-order valence-electron chi connectivity index (χ2n) is 6.68. The van der Waals surface area contributed by atoms with Gasteiger partial charge < -0.3 is 15.4 Å². The van der Waals surface area contributed by atoms with Gasteiger partial charge in [0.15, 0.2) is 0 Å². The molecule has 0 aliphatic carbocycles. The fourth-order valence-corrected chi connectivity index (χ4v) is 2.94. The normalized spacial score (nSPS) is 10.4. The Kier molecular flexibility index (Phi) is 5.70. The van der Waals surface area contributed by atoms with Crippen molar-refractivity contribution < 1.29 is 9.66 Å². The Labute approximate surface area is 178 Å². The van der Waals surface area contributed by atoms with Crippen molar-refractivity contribution in [1.82, 2.24) is 9.97 Å². The van der Waals surface area contributed by atoms with Gasteiger partial charge in [0.2, 0.25) is 11.6 Å². The second-order valence-corrected chi connectivity index (χ2v) is 6.68. The number of nitrogens with one attached hydrogen (secondary N) is 2. The molecule has 0 unspecified atom stereocenters. The molecule has 0 saturated carbocycles. The molecule has 0 aliphatic heterocycles. The summed E-state index contributed by atoms with van der Waals surface area (Å²) in [6.45, 7) is 1.91. The number of ether oxygens (including phenoxy) is 1. The average Bonchev–Trinajstić information content (AvgIpc) is 2.77. The summed E-state index contributed by atoms with van der Waals surface area (Å²) in [6, 6.07) is 24.0. The molecule has 1 aromatic heterocycles. The standard InChI is InChI=1S/C23H19N5O3/c1-16-7-5-6-10-20(16)27-23-21(28(29)30)22(24-15-25-23)26-17-11-13-19(14-12-17)31-18-8-3-2-4-9-18/h2-15H,1H3,(H2,24,25,26,27). The third-order valence-corrected chi connectivity index (χ3v) is 4.50. The van der Waals surface area contributed by atoms with Gasteiger partial charge in [-0.05, 0) is 55.0 Å². The first-order valence-corrected chi connectivity index (χ1v) is 9.52. The number of rotatable bonds is 7. The van der Waals surface area contributed by atoms with E-state index < -0.39 is 4.92 Å². The SMILES string of the molecule is Cc1ccccc1Nc1ncnc(Nc2ccc(Oc3ccccc3)cc2)c1[N+](=O)[O-]. The van der Waals surface area contributed by atoms with E-state index in [2.05, 4.69) is 20.6 Å². The lowest BCUT2D eigenvalue weighted by Crippen LogP contribution is -2.06. The zero-order valence-corrected chi connectivity index (χ0v) is 16.6. The summed E-state index contributed by atoms with van der Waals surface area (Å²) < 4.78 is 5.77. The predicted octanol–water partition coefficient (Wildman–Crippen LogP) is 5.97. The Morgan fingerprint density at radius 1 is 0.806 bits per heavy atom. The van der Waals surface area contributed by atoms with Crippen LogP contribution in [0.3, 0.4) is 0 Å². The third kappa shape index (κ3) is 4.76. The average molecular weight is 413 g/mol. The Hall–Kier alpha value is -4.46. The molecule has 0 aliphatic rings. The molecule has 154 valence electrons. The van der Waals surface area contributed by atoms with E-state index in [1.54, 1.807) is 24.3 Å². The molecule has 8 heteroatoms. The summed E-state index contributed by atoms with van der Waals surface area (Å²) in [5.74, 6) is 1.58. The van der Waals surface area contributed by atoms with Gasteiger partial charge in [0.25, 0.3) is 0 Å². The Morgan fingerprint density at radius 3 is 2.10 bits per heavy atom. The number of hydrogen-bond acceptors (Lipinski definition) is 7. The molecule has 0 radical (unpaired) electrons. The van der Waals surface area contributed by atoms with Gasteiger partial charge in [-0.2, -0.15) is 0 Å². The van der Waals surface area contributed by atoms with E-state index >= 15 is 0 Å². The van der Waals surface area contributed by atoms with Gasteiger partial charge >= 0.3 is 5.69 Å². The predicted molar refractivity (Wildman–Crippen MR) is 119 cm³/mol. The zero-order valence-electron chi connectivity index (χ0n) is 16.6. The van der Waals surface area contributed by atoms with E-state index in [4.69, 9.17) is 4.74 Å². The molecule has 0 saturated heterocycles. The number of para-hydroxylation sites is 2. The van der Waals surface area contributed by atoms with E-state index in [1.165, 1.54) is 6.33 Å². The van der Waals surface area contributed by atoms with Crippen molar-refractivity contribution in [3.05, 3.63) is 101 Å². The minimum atomic E-state index is -0.504. The van der Waals surface area contributed by atoms with Gasteiger partial charge in [-0.25, -0.2) is 9.97 Å². The topological polar surface area (TPSA) is 102 Å². The lowest BCUT2D eigenvalue weighted by Gasteiger charge is -2.12. The van der Waals surface area contributed by atoms with Crippen LogP contribution in [0.25, 0.3) is 0 Å². The largest absolute Gasteiger partial charge is 0.457 e. The van der Waals surface area contributed by atoms with E-state index in [1.807, 2.05) is 61.5 Å². The first kappa shape index (κ1) is 19.8. The molecule has 0 amide bonds. The van der Waals surface area contributed by atoms with Crippen molar-refractivity contribution in [1.29, 1.82) is 0 Å². The quantitative estimate of drug-likeness (QED) is 0.284. The lowest BCUT2D eigenvalue weighted by atomic mass is 10.2. The fraction of sp³-hybridized carbons (Fsp3) is 0.0435. The number of aromatic nitrogens is 2. The van der Waals surface area contributed by atoms with Gasteiger partial charge in [-0.1, -0.05) is 36.4 Å². The van der Waals surface area contributed by atoms with E-state index in [9.17, 15) is 10.1 Å². The van der Waals surface area contributed by atoms with Crippen LogP contribution in [0.5, 0.6) is 11.5 Å². The Bertz CT molecular complexity index is 1200. The summed E-state index contributed by atoms with van der Waals surface area (Å²) in [4.78, 5) is 19.4. The summed E-state index contributed by atoms with van der Waals surface area (Å²) in [7, 11) is 0. The summed E-state index contributed by atoms with van der Waals surface area (Å²) >= 11 is 0. The number of hydrogen-bond donors (Lipinski definition) is 2. The molecule has 0 fully saturated rings. The van der Waals surface area contributed by atoms with Gasteiger partial charge in [-0.15, -0.1) is 0 Å². The smallest absolute Gasteiger partial charge is 0.353 e. The first-order chi connectivity index (χ1) is 15.1. The first-order valence-electron chi connectivity index (χ1n) is 9.52. The Balaban J connectivity index is 1.57. The highest BCUT2D eigenvalue weighted by atomic mass is 16.6. The van der Waals surface area contributed by atoms with Crippen molar-refractivity contribution in [2.24, 2.45) is 0 Å². The highest BCUT2D eigenvalue weighted by Gasteiger charge is 2.23. The van der Waals surface area contributed by atoms with Crippen molar-refractivity contribution in [3.63, 3.8) is 0 Å². The van der Waals surface area contributed by atoms with Crippen molar-refractivity contribution >= 4 is 28.7 Å². The number of nitrogens with zero attached hydrogens (tertiary/aromatic N) is 3. The monoisotopic (exact) mass is 413 g/mol. The lowest BCUT2D eigenvalue weighted by molar-refractivity contribution is -0.383. The fourth-order valence-electron chi connectivity index (χ4n) is 2.94. The minimum absolute atomic E-state index is 0.0906. The van der Waals surface area contributed by atoms with Crippen LogP contribution in [0.1, 0.15) is 5.56 Å². The maximum atomic E-state index is 11.8. The van der Waals surface area contributed by atoms with Crippen LogP contribution >= 0.6 is 0 Å². The van der Waals surface area contributed by atoms with Gasteiger partial charge in [0, 0.05) is 11.4 Å². The van der Waals surface area contributed by atoms with Gasteiger partial charge in [-0.3, -0.25) is 10.1 Å². The molecular weight excluding hydrogens is 394 g/mol. The highest BCUT2D eigenvalue weighted by molar-refractivity contribution is 5.77. The van der Waals surface area contributed by atoms with Gasteiger partial charge in [0.05, 0.1) is 4.92 Å². The van der Waals surface area contributed by atoms with Crippen LogP contribution in [0.15, 0.2) is 85.2 Å². The maximum Gasteiger partial charge on any atom is 0.353 e. The van der Waals surface area contributed by atoms with Crippen LogP contribution in [-0.2, 0) is 0 Å². The molecule has 8 nitrogen and oxygen atoms in total. The summed E-state index contributed by atoms with van der Waals surface area (Å²) in [5, 5.41) is 17.8. The van der Waals surface area contributed by atoms with E-state index in [0.29, 0.717) is 11.4 Å². The molecule has 2 N–H and O–H groups in total. The molecule has 0 bridgehead atoms. The second kappa shape index (κ2) is 8.91. The molecule has 4 rings (SSSR count). The summed E-state index contributed by atoms with van der Waals surface area (Å²) in [6.07, 6.45) is 1.28. The number of benzene rings is 3.